The minimum Gasteiger partial charge on any atom is -0.392 e. The van der Waals surface area contributed by atoms with Crippen LogP contribution in [-0.2, 0) is 20.0 Å². The van der Waals surface area contributed by atoms with E-state index in [9.17, 15) is 27.0 Å². The highest BCUT2D eigenvalue weighted by molar-refractivity contribution is 7.89. The van der Waals surface area contributed by atoms with Gasteiger partial charge in [-0.25, -0.2) is 26.3 Å². The van der Waals surface area contributed by atoms with Gasteiger partial charge in [-0.1, -0.05) is 76.2 Å². The first kappa shape index (κ1) is 31.4. The van der Waals surface area contributed by atoms with Crippen LogP contribution in [0.4, 0.5) is 0 Å². The van der Waals surface area contributed by atoms with Gasteiger partial charge in [0.25, 0.3) is 0 Å². The molecule has 9 rings (SSSR count). The molecule has 0 saturated heterocycles. The van der Waals surface area contributed by atoms with Gasteiger partial charge in [0.15, 0.2) is 0 Å². The van der Waals surface area contributed by atoms with E-state index in [2.05, 4.69) is 37.1 Å². The Hall–Kier alpha value is -1.82. The molecule has 2 aromatic carbocycles. The van der Waals surface area contributed by atoms with Gasteiger partial charge >= 0.3 is 0 Å². The van der Waals surface area contributed by atoms with Gasteiger partial charge < -0.3 is 10.2 Å². The molecule has 0 amide bonds. The number of aliphatic hydroxyl groups is 2. The molecule has 6 bridgehead atoms. The normalized spacial score (nSPS) is 41.1. The molecular formula is C36H48N2O6S2. The quantitative estimate of drug-likeness (QED) is 0.333. The molecule has 4 saturated carbocycles. The summed E-state index contributed by atoms with van der Waals surface area (Å²) in [7, 11) is -7.95. The van der Waals surface area contributed by atoms with Gasteiger partial charge in [0.1, 0.15) is 0 Å². The molecule has 2 aromatic rings. The van der Waals surface area contributed by atoms with Crippen LogP contribution in [0, 0.1) is 33.5 Å². The first-order chi connectivity index (χ1) is 21.5. The third-order valence-electron chi connectivity index (χ3n) is 14.7. The molecule has 8 nitrogen and oxygen atoms in total. The number of hydrogen-bond donors (Lipinski definition) is 4. The fourth-order valence-electron chi connectivity index (χ4n) is 11.9. The number of rotatable bonds is 8. The van der Waals surface area contributed by atoms with Gasteiger partial charge in [-0.05, 0) is 83.4 Å². The van der Waals surface area contributed by atoms with Gasteiger partial charge in [0.05, 0.1) is 23.7 Å². The van der Waals surface area contributed by atoms with Crippen LogP contribution in [0.2, 0.25) is 0 Å². The average Bonchev–Trinajstić information content (AvgIpc) is 3.50. The van der Waals surface area contributed by atoms with Crippen molar-refractivity contribution >= 4 is 20.0 Å². The maximum atomic E-state index is 14.4. The molecule has 10 heteroatoms. The van der Waals surface area contributed by atoms with Crippen LogP contribution >= 0.6 is 0 Å². The third kappa shape index (κ3) is 4.09. The van der Waals surface area contributed by atoms with Crippen molar-refractivity contribution in [3.63, 3.8) is 0 Å². The lowest BCUT2D eigenvalue weighted by atomic mass is 9.59. The summed E-state index contributed by atoms with van der Waals surface area (Å²) in [6, 6.07) is 14.5. The highest BCUT2D eigenvalue weighted by Gasteiger charge is 2.67. The lowest BCUT2D eigenvalue weighted by Crippen LogP contribution is -2.63. The van der Waals surface area contributed by atoms with E-state index in [0.717, 1.165) is 35.1 Å². The van der Waals surface area contributed by atoms with E-state index in [1.807, 2.05) is 48.5 Å². The minimum absolute atomic E-state index is 0.188. The fourth-order valence-corrected chi connectivity index (χ4v) is 16.2. The van der Waals surface area contributed by atoms with Crippen molar-refractivity contribution in [3.8, 4) is 0 Å². The van der Waals surface area contributed by atoms with E-state index in [4.69, 9.17) is 0 Å². The van der Waals surface area contributed by atoms with E-state index >= 15 is 0 Å². The van der Waals surface area contributed by atoms with Crippen LogP contribution in [0.3, 0.4) is 0 Å². The van der Waals surface area contributed by atoms with Crippen LogP contribution in [-0.4, -0.2) is 62.8 Å². The molecule has 7 aliphatic carbocycles. The van der Waals surface area contributed by atoms with E-state index in [0.29, 0.717) is 25.7 Å². The second-order valence-electron chi connectivity index (χ2n) is 16.7. The Morgan fingerprint density at radius 1 is 0.630 bits per heavy atom. The van der Waals surface area contributed by atoms with Gasteiger partial charge in [-0.2, -0.15) is 0 Å². The Kier molecular flexibility index (Phi) is 6.75. The molecule has 0 aliphatic heterocycles. The van der Waals surface area contributed by atoms with Crippen LogP contribution in [0.1, 0.15) is 100 Å². The summed E-state index contributed by atoms with van der Waals surface area (Å²) in [6.07, 6.45) is 2.98. The second-order valence-corrected chi connectivity index (χ2v) is 20.3. The molecule has 46 heavy (non-hydrogen) atoms. The smallest absolute Gasteiger partial charge is 0.212 e. The van der Waals surface area contributed by atoms with Crippen molar-refractivity contribution in [1.82, 2.24) is 9.44 Å². The Bertz CT molecular complexity index is 1630. The second kappa shape index (κ2) is 9.88. The summed E-state index contributed by atoms with van der Waals surface area (Å²) in [4.78, 5) is 0. The van der Waals surface area contributed by atoms with Gasteiger partial charge in [-0.15, -0.1) is 0 Å². The number of fused-ring (bicyclic) bond motifs is 5. The summed E-state index contributed by atoms with van der Waals surface area (Å²) in [5.74, 6) is -0.591. The van der Waals surface area contributed by atoms with Crippen molar-refractivity contribution in [2.45, 2.75) is 102 Å². The van der Waals surface area contributed by atoms with Crippen molar-refractivity contribution in [2.75, 3.05) is 11.5 Å². The standard InChI is InChI=1S/C36H48N2O6S2/c1-33(2)21-13-15-35(33,27(39)17-21)19-45(41,42)37-31-29-23-9-5-7-11-25(23)30(26-12-8-6-10-24(26)29)32(31)38-46(43,44)20-36-16-14-22(18-28(36)40)34(36,3)4/h5-12,21-22,27-32,37-40H,13-20H2,1-4H3/t21-,22-,27-,28-,29?,30?,31-,32-,35-,36-/m1/s1. The number of benzene rings is 2. The number of aliphatic hydroxyl groups excluding tert-OH is 2. The molecular weight excluding hydrogens is 621 g/mol. The zero-order valence-electron chi connectivity index (χ0n) is 27.2. The fraction of sp³-hybridized carbons (Fsp3) is 0.667. The van der Waals surface area contributed by atoms with Crippen molar-refractivity contribution < 1.29 is 27.0 Å². The number of nitrogens with one attached hydrogen (secondary N) is 2. The zero-order valence-corrected chi connectivity index (χ0v) is 28.9. The van der Waals surface area contributed by atoms with Crippen LogP contribution in [0.15, 0.2) is 48.5 Å². The Morgan fingerprint density at radius 2 is 0.957 bits per heavy atom. The Balaban J connectivity index is 1.19. The molecule has 0 spiro atoms. The topological polar surface area (TPSA) is 133 Å². The van der Waals surface area contributed by atoms with Crippen molar-refractivity contribution in [3.05, 3.63) is 70.8 Å². The molecule has 0 heterocycles. The summed E-state index contributed by atoms with van der Waals surface area (Å²) >= 11 is 0. The molecule has 0 radical (unpaired) electrons. The van der Waals surface area contributed by atoms with Crippen molar-refractivity contribution in [1.29, 1.82) is 0 Å². The highest BCUT2D eigenvalue weighted by Crippen LogP contribution is 2.67. The zero-order chi connectivity index (χ0) is 32.7. The Labute approximate surface area is 273 Å². The van der Waals surface area contributed by atoms with E-state index in [1.54, 1.807) is 0 Å². The lowest BCUT2D eigenvalue weighted by molar-refractivity contribution is 0.0148. The van der Waals surface area contributed by atoms with Crippen LogP contribution < -0.4 is 9.44 Å². The summed E-state index contributed by atoms with van der Waals surface area (Å²) in [6.45, 7) is 8.37. The predicted octanol–water partition coefficient (Wildman–Crippen LogP) is 4.23. The van der Waals surface area contributed by atoms with Crippen LogP contribution in [0.5, 0.6) is 0 Å². The Morgan fingerprint density at radius 3 is 1.22 bits per heavy atom. The molecule has 0 unspecified atom stereocenters. The maximum Gasteiger partial charge on any atom is 0.212 e. The van der Waals surface area contributed by atoms with Gasteiger partial charge in [-0.3, -0.25) is 0 Å². The van der Waals surface area contributed by atoms with E-state index in [-0.39, 0.29) is 34.2 Å². The molecule has 7 aliphatic rings. The lowest BCUT2D eigenvalue weighted by Gasteiger charge is -2.51. The largest absolute Gasteiger partial charge is 0.392 e. The third-order valence-corrected chi connectivity index (χ3v) is 17.8. The SMILES string of the molecule is CC1(C)[C@@H]2CC[C@@]1(CS(=O)(=O)N[C@@H]1C3c4ccccc4C(c4ccccc43)[C@H]1NS(=O)(=O)C[C@]13CC[C@H](C[C@H]1O)C3(C)C)[C@H](O)C2. The monoisotopic (exact) mass is 668 g/mol. The first-order valence-electron chi connectivity index (χ1n) is 17.1. The van der Waals surface area contributed by atoms with Gasteiger partial charge in [0, 0.05) is 34.7 Å². The molecule has 0 aromatic heterocycles. The van der Waals surface area contributed by atoms with Crippen LogP contribution in [0.25, 0.3) is 0 Å². The number of sulfonamides is 2. The molecule has 4 N–H and O–H groups in total. The summed E-state index contributed by atoms with van der Waals surface area (Å²) in [5, 5.41) is 22.4. The first-order valence-corrected chi connectivity index (χ1v) is 20.4. The summed E-state index contributed by atoms with van der Waals surface area (Å²) in [5.41, 5.74) is 1.92. The van der Waals surface area contributed by atoms with E-state index < -0.39 is 67.0 Å². The van der Waals surface area contributed by atoms with E-state index in [1.165, 1.54) is 0 Å². The molecule has 250 valence electrons. The minimum atomic E-state index is -3.97. The van der Waals surface area contributed by atoms with Crippen molar-refractivity contribution in [2.24, 2.45) is 33.5 Å². The maximum absolute atomic E-state index is 14.4. The molecule has 8 atom stereocenters. The predicted molar refractivity (Wildman–Crippen MR) is 177 cm³/mol. The number of hydrogen-bond acceptors (Lipinski definition) is 6. The summed E-state index contributed by atoms with van der Waals surface area (Å²) < 4.78 is 63.6. The highest BCUT2D eigenvalue weighted by atomic mass is 32.2. The average molecular weight is 669 g/mol. The molecule has 4 fully saturated rings. The van der Waals surface area contributed by atoms with Gasteiger partial charge in [0.2, 0.25) is 20.0 Å².